The summed E-state index contributed by atoms with van der Waals surface area (Å²) >= 11 is 0. The van der Waals surface area contributed by atoms with Crippen LogP contribution < -0.4 is 0 Å². The van der Waals surface area contributed by atoms with Crippen LogP contribution in [0.3, 0.4) is 0 Å². The molecule has 0 heterocycles. The third-order valence-corrected chi connectivity index (χ3v) is 4.59. The van der Waals surface area contributed by atoms with Crippen molar-refractivity contribution >= 4 is 19.0 Å². The van der Waals surface area contributed by atoms with Crippen molar-refractivity contribution in [2.75, 3.05) is 19.8 Å². The maximum Gasteiger partial charge on any atom is 0.484 e. The van der Waals surface area contributed by atoms with Gasteiger partial charge in [-0.3, -0.25) is 0 Å². The van der Waals surface area contributed by atoms with E-state index in [1.165, 1.54) is 0 Å². The third kappa shape index (κ3) is 5.20. The molecule has 120 valence electrons. The van der Waals surface area contributed by atoms with Crippen LogP contribution in [0.4, 0.5) is 0 Å². The molecule has 0 saturated heterocycles. The van der Waals surface area contributed by atoms with Crippen molar-refractivity contribution in [3.05, 3.63) is 41.4 Å². The van der Waals surface area contributed by atoms with Crippen molar-refractivity contribution in [3.8, 4) is 0 Å². The Morgan fingerprint density at radius 3 is 2.27 bits per heavy atom. The first-order valence-corrected chi connectivity index (χ1v) is 8.44. The van der Waals surface area contributed by atoms with Gasteiger partial charge in [-0.2, -0.15) is 0 Å². The van der Waals surface area contributed by atoms with Crippen molar-refractivity contribution < 1.29 is 27.9 Å². The molecule has 1 aromatic carbocycles. The molecule has 0 aliphatic rings. The molecule has 1 rings (SSSR count). The van der Waals surface area contributed by atoms with Crippen molar-refractivity contribution in [2.24, 2.45) is 0 Å². The van der Waals surface area contributed by atoms with Crippen LogP contribution in [-0.2, 0) is 29.6 Å². The lowest BCUT2D eigenvalue weighted by Gasteiger charge is -2.11. The Labute approximate surface area is 129 Å². The zero-order valence-electron chi connectivity index (χ0n) is 12.6. The summed E-state index contributed by atoms with van der Waals surface area (Å²) in [5, 5.41) is 0. The monoisotopic (exact) mass is 326 g/mol. The third-order valence-electron chi connectivity index (χ3n) is 2.60. The first kappa shape index (κ1) is 18.3. The summed E-state index contributed by atoms with van der Waals surface area (Å²) in [4.78, 5) is 14.7. The lowest BCUT2D eigenvalue weighted by Crippen LogP contribution is -2.22. The Morgan fingerprint density at radius 1 is 1.18 bits per heavy atom. The van der Waals surface area contributed by atoms with E-state index in [1.807, 2.05) is 30.3 Å². The molecular formula is C14H19N2O5P. The molecule has 0 N–H and O–H groups in total. The van der Waals surface area contributed by atoms with Gasteiger partial charge in [0.2, 0.25) is 0 Å². The van der Waals surface area contributed by atoms with Gasteiger partial charge in [-0.25, -0.2) is 9.36 Å². The molecule has 0 saturated carbocycles. The predicted octanol–water partition coefficient (Wildman–Crippen LogP) is 2.67. The van der Waals surface area contributed by atoms with Gasteiger partial charge in [-0.1, -0.05) is 30.3 Å². The number of rotatable bonds is 9. The molecule has 0 amide bonds. The van der Waals surface area contributed by atoms with Crippen LogP contribution in [0.1, 0.15) is 19.4 Å². The normalized spacial score (nSPS) is 10.8. The van der Waals surface area contributed by atoms with E-state index < -0.39 is 19.0 Å². The molecule has 0 radical (unpaired) electrons. The molecule has 8 heteroatoms. The number of carbonyl (C=O) groups excluding carboxylic acids is 1. The minimum absolute atomic E-state index is 0.0353. The van der Waals surface area contributed by atoms with Crippen LogP contribution in [0.5, 0.6) is 0 Å². The highest BCUT2D eigenvalue weighted by Gasteiger charge is 2.47. The highest BCUT2D eigenvalue weighted by molar-refractivity contribution is 7.74. The van der Waals surface area contributed by atoms with Gasteiger partial charge < -0.3 is 19.3 Å². The van der Waals surface area contributed by atoms with Crippen LogP contribution in [-0.4, -0.2) is 36.0 Å². The van der Waals surface area contributed by atoms with E-state index in [1.54, 1.807) is 13.8 Å². The number of hydrogen-bond acceptors (Lipinski definition) is 5. The van der Waals surface area contributed by atoms with Gasteiger partial charge in [0.1, 0.15) is 0 Å². The van der Waals surface area contributed by atoms with E-state index in [9.17, 15) is 9.36 Å². The van der Waals surface area contributed by atoms with Crippen molar-refractivity contribution in [1.29, 1.82) is 0 Å². The largest absolute Gasteiger partial charge is 0.484 e. The second-order valence-electron chi connectivity index (χ2n) is 4.13. The predicted molar refractivity (Wildman–Crippen MR) is 80.6 cm³/mol. The topological polar surface area (TPSA) is 98.2 Å². The Balaban J connectivity index is 2.68. The Hall–Kier alpha value is -1.78. The summed E-state index contributed by atoms with van der Waals surface area (Å²) in [5.41, 5.74) is 9.19. The van der Waals surface area contributed by atoms with Gasteiger partial charge >= 0.3 is 19.0 Å². The molecule has 22 heavy (non-hydrogen) atoms. The molecule has 0 aromatic heterocycles. The first-order valence-electron chi connectivity index (χ1n) is 6.90. The summed E-state index contributed by atoms with van der Waals surface area (Å²) in [6.45, 7) is 3.30. The second-order valence-corrected chi connectivity index (χ2v) is 6.06. The summed E-state index contributed by atoms with van der Waals surface area (Å²) in [5.74, 6) is -1.02. The standard InChI is InChI=1S/C14H19N2O5P/c1-3-20-22(18,21-4-2)13(16-15)14(17)19-11-10-12-8-6-5-7-9-12/h5-9H,3-4,10-11H2,1-2H3. The quantitative estimate of drug-likeness (QED) is 0.228. The SMILES string of the molecule is CCOP(=O)(OCC)C(=[N+]=[N-])C(=O)OCCc1ccccc1. The van der Waals surface area contributed by atoms with E-state index >= 15 is 0 Å². The molecule has 0 aliphatic heterocycles. The number of ether oxygens (including phenoxy) is 1. The average Bonchev–Trinajstić information content (AvgIpc) is 2.49. The molecule has 0 atom stereocenters. The zero-order chi connectivity index (χ0) is 16.4. The molecule has 7 nitrogen and oxygen atoms in total. The van der Waals surface area contributed by atoms with Crippen molar-refractivity contribution in [1.82, 2.24) is 0 Å². The van der Waals surface area contributed by atoms with Crippen LogP contribution >= 0.6 is 7.60 Å². The van der Waals surface area contributed by atoms with Crippen molar-refractivity contribution in [2.45, 2.75) is 20.3 Å². The molecular weight excluding hydrogens is 307 g/mol. The maximum atomic E-state index is 12.4. The van der Waals surface area contributed by atoms with Gasteiger partial charge in [0.15, 0.2) is 0 Å². The fourth-order valence-corrected chi connectivity index (χ4v) is 3.07. The van der Waals surface area contributed by atoms with Crippen LogP contribution in [0, 0.1) is 0 Å². The summed E-state index contributed by atoms with van der Waals surface area (Å²) in [7, 11) is -3.97. The van der Waals surface area contributed by atoms with Crippen LogP contribution in [0.15, 0.2) is 30.3 Å². The van der Waals surface area contributed by atoms with Gasteiger partial charge in [0.25, 0.3) is 0 Å². The smallest absolute Gasteiger partial charge is 0.456 e. The van der Waals surface area contributed by atoms with Gasteiger partial charge in [0, 0.05) is 6.42 Å². The molecule has 0 fully saturated rings. The fourth-order valence-electron chi connectivity index (χ4n) is 1.68. The second kappa shape index (κ2) is 9.28. The van der Waals surface area contributed by atoms with Crippen LogP contribution in [0.2, 0.25) is 0 Å². The van der Waals surface area contributed by atoms with E-state index in [0.717, 1.165) is 5.56 Å². The van der Waals surface area contributed by atoms with E-state index in [-0.39, 0.29) is 19.8 Å². The molecule has 0 aliphatic carbocycles. The van der Waals surface area contributed by atoms with Gasteiger partial charge in [-0.15, -0.1) is 4.79 Å². The molecule has 0 bridgehead atoms. The fraction of sp³-hybridized carbons (Fsp3) is 0.429. The Bertz CT molecular complexity index is 574. The molecule has 0 unspecified atom stereocenters. The summed E-state index contributed by atoms with van der Waals surface area (Å²) < 4.78 is 27.3. The van der Waals surface area contributed by atoms with E-state index in [0.29, 0.717) is 6.42 Å². The average molecular weight is 326 g/mol. The van der Waals surface area contributed by atoms with E-state index in [2.05, 4.69) is 4.79 Å². The number of benzene rings is 1. The summed E-state index contributed by atoms with van der Waals surface area (Å²) in [6, 6.07) is 9.40. The molecule has 0 spiro atoms. The van der Waals surface area contributed by atoms with Gasteiger partial charge in [0.05, 0.1) is 19.8 Å². The Kier molecular flexibility index (Phi) is 7.71. The number of nitrogens with zero attached hydrogens (tertiary/aromatic N) is 2. The number of esters is 1. The van der Waals surface area contributed by atoms with E-state index in [4.69, 9.17) is 19.3 Å². The highest BCUT2D eigenvalue weighted by Crippen LogP contribution is 2.49. The highest BCUT2D eigenvalue weighted by atomic mass is 31.2. The minimum Gasteiger partial charge on any atom is -0.456 e. The maximum absolute atomic E-state index is 12.4. The zero-order valence-corrected chi connectivity index (χ0v) is 13.5. The lowest BCUT2D eigenvalue weighted by atomic mass is 10.2. The van der Waals surface area contributed by atoms with Crippen molar-refractivity contribution in [3.63, 3.8) is 0 Å². The minimum atomic E-state index is -3.97. The number of hydrogen-bond donors (Lipinski definition) is 0. The Morgan fingerprint density at radius 2 is 1.77 bits per heavy atom. The summed E-state index contributed by atoms with van der Waals surface area (Å²) in [6.07, 6.45) is 0.485. The lowest BCUT2D eigenvalue weighted by molar-refractivity contribution is -0.139. The molecule has 1 aromatic rings. The first-order chi connectivity index (χ1) is 10.6. The number of carbonyl (C=O) groups is 1. The van der Waals surface area contributed by atoms with Crippen LogP contribution in [0.25, 0.3) is 5.53 Å². The van der Waals surface area contributed by atoms with Gasteiger partial charge in [-0.05, 0) is 19.4 Å².